The molecule has 1 aromatic heterocycles. The summed E-state index contributed by atoms with van der Waals surface area (Å²) in [6, 6.07) is 5.23. The van der Waals surface area contributed by atoms with Gasteiger partial charge in [0.2, 0.25) is 0 Å². The van der Waals surface area contributed by atoms with E-state index < -0.39 is 0 Å². The summed E-state index contributed by atoms with van der Waals surface area (Å²) in [5.41, 5.74) is 7.23. The highest BCUT2D eigenvalue weighted by Crippen LogP contribution is 2.22. The summed E-state index contributed by atoms with van der Waals surface area (Å²) in [5, 5.41) is 8.96. The summed E-state index contributed by atoms with van der Waals surface area (Å²) in [5.74, 6) is 0. The van der Waals surface area contributed by atoms with E-state index in [4.69, 9.17) is 28.9 Å². The van der Waals surface area contributed by atoms with Gasteiger partial charge in [0.05, 0.1) is 17.6 Å². The number of halogens is 2. The van der Waals surface area contributed by atoms with E-state index >= 15 is 0 Å². The predicted octanol–water partition coefficient (Wildman–Crippen LogP) is 2.08. The number of aromatic nitrogens is 3. The number of hydrogen-bond acceptors (Lipinski definition) is 3. The van der Waals surface area contributed by atoms with Crippen molar-refractivity contribution in [2.45, 2.75) is 6.42 Å². The van der Waals surface area contributed by atoms with Crippen molar-refractivity contribution < 1.29 is 0 Å². The fourth-order valence-electron chi connectivity index (χ4n) is 1.45. The Hall–Kier alpha value is -1.10. The standard InChI is InChI=1S/C10H10Cl2N4/c11-7-3-8(12)5-10(4-7)16-9(1-2-13)6-14-15-16/h3-6H,1-2,13H2. The second-order valence-corrected chi connectivity index (χ2v) is 4.18. The summed E-state index contributed by atoms with van der Waals surface area (Å²) in [6.07, 6.45) is 2.39. The molecule has 1 aromatic carbocycles. The Morgan fingerprint density at radius 2 is 1.88 bits per heavy atom. The van der Waals surface area contributed by atoms with Crippen LogP contribution in [-0.4, -0.2) is 21.5 Å². The molecule has 0 saturated carbocycles. The maximum absolute atomic E-state index is 5.93. The summed E-state index contributed by atoms with van der Waals surface area (Å²) in [4.78, 5) is 0. The lowest BCUT2D eigenvalue weighted by atomic mass is 10.3. The van der Waals surface area contributed by atoms with Crippen molar-refractivity contribution in [3.05, 3.63) is 40.1 Å². The van der Waals surface area contributed by atoms with Gasteiger partial charge in [-0.15, -0.1) is 5.10 Å². The Kier molecular flexibility index (Phi) is 3.43. The maximum Gasteiger partial charge on any atom is 0.0730 e. The van der Waals surface area contributed by atoms with Gasteiger partial charge in [0.15, 0.2) is 0 Å². The average molecular weight is 257 g/mol. The van der Waals surface area contributed by atoms with Crippen LogP contribution >= 0.6 is 23.2 Å². The zero-order chi connectivity index (χ0) is 11.5. The van der Waals surface area contributed by atoms with E-state index in [0.717, 1.165) is 11.4 Å². The molecule has 2 N–H and O–H groups in total. The first kappa shape index (κ1) is 11.4. The molecule has 0 spiro atoms. The van der Waals surface area contributed by atoms with Gasteiger partial charge in [0.25, 0.3) is 0 Å². The van der Waals surface area contributed by atoms with Crippen LogP contribution in [0.5, 0.6) is 0 Å². The van der Waals surface area contributed by atoms with Crippen molar-refractivity contribution in [2.24, 2.45) is 5.73 Å². The smallest absolute Gasteiger partial charge is 0.0730 e. The molecule has 1 heterocycles. The van der Waals surface area contributed by atoms with E-state index in [2.05, 4.69) is 10.3 Å². The number of benzene rings is 1. The Balaban J connectivity index is 2.45. The molecule has 16 heavy (non-hydrogen) atoms. The molecule has 4 nitrogen and oxygen atoms in total. The lowest BCUT2D eigenvalue weighted by Gasteiger charge is -2.06. The second kappa shape index (κ2) is 4.82. The van der Waals surface area contributed by atoms with Crippen molar-refractivity contribution in [1.29, 1.82) is 0 Å². The zero-order valence-electron chi connectivity index (χ0n) is 8.40. The fraction of sp³-hybridized carbons (Fsp3) is 0.200. The highest BCUT2D eigenvalue weighted by atomic mass is 35.5. The third-order valence-corrected chi connectivity index (χ3v) is 2.55. The van der Waals surface area contributed by atoms with Crippen molar-refractivity contribution in [2.75, 3.05) is 6.54 Å². The molecule has 0 amide bonds. The first-order valence-corrected chi connectivity index (χ1v) is 5.52. The van der Waals surface area contributed by atoms with Crippen LogP contribution in [0, 0.1) is 0 Å². The molecular formula is C10H10Cl2N4. The largest absolute Gasteiger partial charge is 0.330 e. The first-order valence-electron chi connectivity index (χ1n) is 4.77. The highest BCUT2D eigenvalue weighted by molar-refractivity contribution is 6.34. The third kappa shape index (κ3) is 2.35. The minimum atomic E-state index is 0.543. The summed E-state index contributed by atoms with van der Waals surface area (Å²) >= 11 is 11.9. The molecule has 0 aliphatic carbocycles. The van der Waals surface area contributed by atoms with E-state index in [9.17, 15) is 0 Å². The average Bonchev–Trinajstić information content (AvgIpc) is 2.65. The van der Waals surface area contributed by atoms with Crippen LogP contribution in [0.3, 0.4) is 0 Å². The first-order chi connectivity index (χ1) is 7.70. The van der Waals surface area contributed by atoms with Gasteiger partial charge in [0, 0.05) is 16.5 Å². The molecule has 0 aliphatic rings. The van der Waals surface area contributed by atoms with Gasteiger partial charge in [-0.05, 0) is 24.7 Å². The third-order valence-electron chi connectivity index (χ3n) is 2.11. The molecule has 6 heteroatoms. The molecule has 0 fully saturated rings. The monoisotopic (exact) mass is 256 g/mol. The number of hydrogen-bond donors (Lipinski definition) is 1. The van der Waals surface area contributed by atoms with Crippen LogP contribution in [0.4, 0.5) is 0 Å². The normalized spacial score (nSPS) is 10.7. The molecule has 0 saturated heterocycles. The van der Waals surface area contributed by atoms with E-state index in [1.165, 1.54) is 0 Å². The number of nitrogens with zero attached hydrogens (tertiary/aromatic N) is 3. The summed E-state index contributed by atoms with van der Waals surface area (Å²) in [7, 11) is 0. The Morgan fingerprint density at radius 1 is 1.19 bits per heavy atom. The Morgan fingerprint density at radius 3 is 2.50 bits per heavy atom. The summed E-state index contributed by atoms with van der Waals surface area (Å²) < 4.78 is 1.69. The number of rotatable bonds is 3. The van der Waals surface area contributed by atoms with Crippen LogP contribution in [-0.2, 0) is 6.42 Å². The van der Waals surface area contributed by atoms with Gasteiger partial charge in [0.1, 0.15) is 0 Å². The summed E-state index contributed by atoms with van der Waals surface area (Å²) in [6.45, 7) is 0.543. The molecule has 0 bridgehead atoms. The minimum Gasteiger partial charge on any atom is -0.330 e. The Bertz CT molecular complexity index is 475. The van der Waals surface area contributed by atoms with E-state index in [-0.39, 0.29) is 0 Å². The van der Waals surface area contributed by atoms with Crippen LogP contribution in [0.2, 0.25) is 10.0 Å². The van der Waals surface area contributed by atoms with Gasteiger partial charge in [-0.2, -0.15) is 0 Å². The topological polar surface area (TPSA) is 56.7 Å². The van der Waals surface area contributed by atoms with Crippen molar-refractivity contribution >= 4 is 23.2 Å². The van der Waals surface area contributed by atoms with Gasteiger partial charge in [-0.25, -0.2) is 4.68 Å². The highest BCUT2D eigenvalue weighted by Gasteiger charge is 2.07. The number of nitrogens with two attached hydrogens (primary N) is 1. The lowest BCUT2D eigenvalue weighted by Crippen LogP contribution is -2.08. The molecule has 2 aromatic rings. The molecule has 0 atom stereocenters. The maximum atomic E-state index is 5.93. The van der Waals surface area contributed by atoms with E-state index in [0.29, 0.717) is 23.0 Å². The van der Waals surface area contributed by atoms with Gasteiger partial charge in [-0.3, -0.25) is 0 Å². The van der Waals surface area contributed by atoms with Crippen molar-refractivity contribution in [1.82, 2.24) is 15.0 Å². The van der Waals surface area contributed by atoms with Crippen molar-refractivity contribution in [3.8, 4) is 5.69 Å². The van der Waals surface area contributed by atoms with Crippen LogP contribution in [0.25, 0.3) is 5.69 Å². The van der Waals surface area contributed by atoms with Crippen LogP contribution in [0.1, 0.15) is 5.69 Å². The van der Waals surface area contributed by atoms with Gasteiger partial charge >= 0.3 is 0 Å². The van der Waals surface area contributed by atoms with Crippen LogP contribution in [0.15, 0.2) is 24.4 Å². The predicted molar refractivity (Wildman–Crippen MR) is 64.1 cm³/mol. The van der Waals surface area contributed by atoms with Gasteiger partial charge in [-0.1, -0.05) is 28.4 Å². The molecule has 0 aliphatic heterocycles. The molecule has 0 unspecified atom stereocenters. The fourth-order valence-corrected chi connectivity index (χ4v) is 1.97. The van der Waals surface area contributed by atoms with Crippen molar-refractivity contribution in [3.63, 3.8) is 0 Å². The molecule has 2 rings (SSSR count). The second-order valence-electron chi connectivity index (χ2n) is 3.30. The molecule has 84 valence electrons. The SMILES string of the molecule is NCCc1cnnn1-c1cc(Cl)cc(Cl)c1. The molecule has 0 radical (unpaired) electrons. The Labute approximate surface area is 103 Å². The van der Waals surface area contributed by atoms with Gasteiger partial charge < -0.3 is 5.73 Å². The minimum absolute atomic E-state index is 0.543. The van der Waals surface area contributed by atoms with E-state index in [1.54, 1.807) is 29.1 Å². The lowest BCUT2D eigenvalue weighted by molar-refractivity contribution is 0.755. The zero-order valence-corrected chi connectivity index (χ0v) is 9.91. The molecular weight excluding hydrogens is 247 g/mol. The van der Waals surface area contributed by atoms with Crippen LogP contribution < -0.4 is 5.73 Å². The quantitative estimate of drug-likeness (QED) is 0.915. The van der Waals surface area contributed by atoms with E-state index in [1.807, 2.05) is 0 Å².